The topological polar surface area (TPSA) is 166 Å². The molecule has 5 rings (SSSR count). The van der Waals surface area contributed by atoms with Gasteiger partial charge in [0.25, 0.3) is 0 Å². The number of aromatic amines is 1. The zero-order chi connectivity index (χ0) is 27.9. The van der Waals surface area contributed by atoms with Gasteiger partial charge in [-0.25, -0.2) is 0 Å². The van der Waals surface area contributed by atoms with Crippen molar-refractivity contribution in [2.75, 3.05) is 17.6 Å². The van der Waals surface area contributed by atoms with Crippen molar-refractivity contribution in [1.82, 2.24) is 25.6 Å². The van der Waals surface area contributed by atoms with Crippen molar-refractivity contribution in [3.63, 3.8) is 0 Å². The van der Waals surface area contributed by atoms with Gasteiger partial charge in [-0.05, 0) is 91.2 Å². The van der Waals surface area contributed by atoms with Gasteiger partial charge in [0.05, 0.1) is 5.69 Å². The molecular formula is C30H34N8O2. The van der Waals surface area contributed by atoms with Crippen molar-refractivity contribution in [3.8, 4) is 22.5 Å². The van der Waals surface area contributed by atoms with E-state index in [0.29, 0.717) is 36.1 Å². The van der Waals surface area contributed by atoms with Crippen molar-refractivity contribution in [3.05, 3.63) is 72.6 Å². The molecule has 1 saturated carbocycles. The third-order valence-electron chi connectivity index (χ3n) is 7.71. The molecule has 0 aliphatic heterocycles. The minimum Gasteiger partial charge on any atom is -0.397 e. The normalized spacial score (nSPS) is 17.7. The fraction of sp³-hybridized carbons (Fsp3) is 0.333. The lowest BCUT2D eigenvalue weighted by Crippen LogP contribution is -2.31. The number of hydrogen-bond donors (Lipinski definition) is 4. The Kier molecular flexibility index (Phi) is 8.56. The molecule has 1 fully saturated rings. The number of nitrogens with zero attached hydrogens (tertiary/aromatic N) is 4. The predicted octanol–water partition coefficient (Wildman–Crippen LogP) is 4.03. The summed E-state index contributed by atoms with van der Waals surface area (Å²) in [5.41, 5.74) is 16.6. The average Bonchev–Trinajstić information content (AvgIpc) is 3.53. The molecule has 1 amide bonds. The molecule has 0 unspecified atom stereocenters. The standard InChI is InChI=1S/C30H34N8O2/c31-16-19-4-6-21(7-5-19)28(39)15-24(13-20-2-1-3-23(12-20)25-14-26(32)18-33-17-25)30(40)34-27-10-8-22(9-11-27)29-35-37-38-36-29/h1-3,8-12,14,17-19,21,24H,4-7,13,15-16,31-32H2,(H,34,40)(H,35,36,37,38)/t19?,21?,24-/m1/s1. The molecule has 40 heavy (non-hydrogen) atoms. The second-order valence-electron chi connectivity index (χ2n) is 10.5. The number of nitrogens with two attached hydrogens (primary N) is 2. The number of nitrogen functional groups attached to an aromatic ring is 1. The highest BCUT2D eigenvalue weighted by Crippen LogP contribution is 2.31. The van der Waals surface area contributed by atoms with E-state index in [9.17, 15) is 9.59 Å². The van der Waals surface area contributed by atoms with E-state index in [1.54, 1.807) is 24.5 Å². The number of carbonyl (C=O) groups is 2. The van der Waals surface area contributed by atoms with Crippen LogP contribution < -0.4 is 16.8 Å². The molecule has 2 heterocycles. The first-order valence-corrected chi connectivity index (χ1v) is 13.7. The molecule has 1 aliphatic carbocycles. The number of benzene rings is 2. The van der Waals surface area contributed by atoms with Crippen LogP contribution in [0.25, 0.3) is 22.5 Å². The molecule has 0 bridgehead atoms. The quantitative estimate of drug-likeness (QED) is 0.235. The number of hydrogen-bond acceptors (Lipinski definition) is 8. The van der Waals surface area contributed by atoms with Crippen LogP contribution in [0.1, 0.15) is 37.7 Å². The van der Waals surface area contributed by atoms with E-state index in [1.165, 1.54) is 0 Å². The summed E-state index contributed by atoms with van der Waals surface area (Å²) in [4.78, 5) is 31.2. The van der Waals surface area contributed by atoms with Gasteiger partial charge in [-0.1, -0.05) is 24.3 Å². The summed E-state index contributed by atoms with van der Waals surface area (Å²) < 4.78 is 0. The number of tetrazole rings is 1. The van der Waals surface area contributed by atoms with Crippen LogP contribution >= 0.6 is 0 Å². The molecule has 10 nitrogen and oxygen atoms in total. The van der Waals surface area contributed by atoms with Crippen LogP contribution in [-0.2, 0) is 16.0 Å². The number of aromatic nitrogens is 5. The third-order valence-corrected chi connectivity index (χ3v) is 7.71. The van der Waals surface area contributed by atoms with E-state index in [-0.39, 0.29) is 24.0 Å². The maximum atomic E-state index is 13.6. The van der Waals surface area contributed by atoms with Gasteiger partial charge in [-0.3, -0.25) is 14.6 Å². The van der Waals surface area contributed by atoms with Gasteiger partial charge in [0, 0.05) is 47.5 Å². The van der Waals surface area contributed by atoms with Gasteiger partial charge < -0.3 is 16.8 Å². The highest BCUT2D eigenvalue weighted by molar-refractivity contribution is 5.96. The molecule has 0 radical (unpaired) electrons. The number of H-pyrrole nitrogens is 1. The molecule has 1 aliphatic rings. The largest absolute Gasteiger partial charge is 0.397 e. The fourth-order valence-electron chi connectivity index (χ4n) is 5.40. The lowest BCUT2D eigenvalue weighted by molar-refractivity contribution is -0.129. The SMILES string of the molecule is NCC1CCC(C(=O)C[C@@H](Cc2cccc(-c3cncc(N)c3)c2)C(=O)Nc2ccc(-c3nn[nH]n3)cc2)CC1. The van der Waals surface area contributed by atoms with Crippen LogP contribution in [0.2, 0.25) is 0 Å². The van der Waals surface area contributed by atoms with Gasteiger partial charge in [-0.2, -0.15) is 5.21 Å². The first-order chi connectivity index (χ1) is 19.5. The van der Waals surface area contributed by atoms with Crippen LogP contribution in [0.15, 0.2) is 67.0 Å². The first kappa shape index (κ1) is 27.1. The molecule has 206 valence electrons. The molecule has 4 aromatic rings. The number of ketones is 1. The summed E-state index contributed by atoms with van der Waals surface area (Å²) in [5.74, 6) is 0.387. The third kappa shape index (κ3) is 6.76. The average molecular weight is 539 g/mol. The highest BCUT2D eigenvalue weighted by Gasteiger charge is 2.30. The number of rotatable bonds is 10. The predicted molar refractivity (Wildman–Crippen MR) is 154 cm³/mol. The Hall–Kier alpha value is -4.44. The van der Waals surface area contributed by atoms with Crippen LogP contribution in [0.3, 0.4) is 0 Å². The number of nitrogens with one attached hydrogen (secondary N) is 2. The Morgan fingerprint density at radius 1 is 0.975 bits per heavy atom. The maximum Gasteiger partial charge on any atom is 0.228 e. The zero-order valence-corrected chi connectivity index (χ0v) is 22.3. The van der Waals surface area contributed by atoms with Gasteiger partial charge in [0.1, 0.15) is 5.78 Å². The highest BCUT2D eigenvalue weighted by atomic mass is 16.2. The summed E-state index contributed by atoms with van der Waals surface area (Å²) >= 11 is 0. The Balaban J connectivity index is 1.33. The number of anilines is 2. The Bertz CT molecular complexity index is 1430. The molecule has 2 aromatic heterocycles. The summed E-state index contributed by atoms with van der Waals surface area (Å²) in [6, 6.07) is 17.1. The number of carbonyl (C=O) groups excluding carboxylic acids is 2. The van der Waals surface area contributed by atoms with Crippen molar-refractivity contribution in [2.45, 2.75) is 38.5 Å². The molecule has 0 spiro atoms. The smallest absolute Gasteiger partial charge is 0.228 e. The molecule has 6 N–H and O–H groups in total. The van der Waals surface area contributed by atoms with Crippen molar-refractivity contribution >= 4 is 23.1 Å². The van der Waals surface area contributed by atoms with Crippen molar-refractivity contribution < 1.29 is 9.59 Å². The van der Waals surface area contributed by atoms with Crippen LogP contribution in [0.5, 0.6) is 0 Å². The van der Waals surface area contributed by atoms with Crippen molar-refractivity contribution in [1.29, 1.82) is 0 Å². The van der Waals surface area contributed by atoms with Crippen LogP contribution in [-0.4, -0.2) is 43.8 Å². The van der Waals surface area contributed by atoms with E-state index in [2.05, 4.69) is 30.9 Å². The van der Waals surface area contributed by atoms with E-state index in [4.69, 9.17) is 11.5 Å². The van der Waals surface area contributed by atoms with E-state index >= 15 is 0 Å². The first-order valence-electron chi connectivity index (χ1n) is 13.7. The second kappa shape index (κ2) is 12.6. The number of Topliss-reactive ketones (excluding diaryl/α,β-unsaturated/α-hetero) is 1. The van der Waals surface area contributed by atoms with Crippen LogP contribution in [0.4, 0.5) is 11.4 Å². The molecule has 2 aromatic carbocycles. The maximum absolute atomic E-state index is 13.6. The van der Waals surface area contributed by atoms with Gasteiger partial charge >= 0.3 is 0 Å². The number of pyridine rings is 1. The fourth-order valence-corrected chi connectivity index (χ4v) is 5.40. The van der Waals surface area contributed by atoms with E-state index in [0.717, 1.165) is 47.9 Å². The zero-order valence-electron chi connectivity index (χ0n) is 22.3. The van der Waals surface area contributed by atoms with Gasteiger partial charge in [0.15, 0.2) is 0 Å². The second-order valence-corrected chi connectivity index (χ2v) is 10.5. The van der Waals surface area contributed by atoms with Crippen LogP contribution in [0, 0.1) is 17.8 Å². The molecule has 0 saturated heterocycles. The molecule has 1 atom stereocenters. The Labute approximate surface area is 233 Å². The lowest BCUT2D eigenvalue weighted by atomic mass is 9.77. The monoisotopic (exact) mass is 538 g/mol. The molecule has 10 heteroatoms. The number of amides is 1. The van der Waals surface area contributed by atoms with E-state index < -0.39 is 5.92 Å². The minimum atomic E-state index is -0.522. The summed E-state index contributed by atoms with van der Waals surface area (Å²) in [6.45, 7) is 0.663. The Morgan fingerprint density at radius 2 is 1.77 bits per heavy atom. The van der Waals surface area contributed by atoms with Crippen molar-refractivity contribution in [2.24, 2.45) is 23.5 Å². The summed E-state index contributed by atoms with van der Waals surface area (Å²) in [5, 5.41) is 17.0. The van der Waals surface area contributed by atoms with Gasteiger partial charge in [0.2, 0.25) is 11.7 Å². The molecular weight excluding hydrogens is 504 g/mol. The van der Waals surface area contributed by atoms with E-state index in [1.807, 2.05) is 42.5 Å². The summed E-state index contributed by atoms with van der Waals surface area (Å²) in [7, 11) is 0. The summed E-state index contributed by atoms with van der Waals surface area (Å²) in [6.07, 6.45) is 7.60. The Morgan fingerprint density at radius 3 is 2.48 bits per heavy atom. The minimum absolute atomic E-state index is 0.0166. The lowest BCUT2D eigenvalue weighted by Gasteiger charge is -2.27. The van der Waals surface area contributed by atoms with Gasteiger partial charge in [-0.15, -0.1) is 10.2 Å².